The molecule has 0 unspecified atom stereocenters. The lowest BCUT2D eigenvalue weighted by atomic mass is 10.1. The van der Waals surface area contributed by atoms with Crippen LogP contribution in [0.1, 0.15) is 22.4 Å². The maximum atomic E-state index is 13.2. The van der Waals surface area contributed by atoms with Crippen LogP contribution in [0.2, 0.25) is 0 Å². The summed E-state index contributed by atoms with van der Waals surface area (Å²) in [6, 6.07) is 16.9. The number of ether oxygens (including phenoxy) is 2. The number of fused-ring (bicyclic) bond motifs is 2. The molecule has 5 rings (SSSR count). The number of benzene rings is 2. The van der Waals surface area contributed by atoms with E-state index < -0.39 is 10.0 Å². The average molecular weight is 408 g/mol. The average Bonchev–Trinajstić information content (AvgIpc) is 3.18. The molecule has 3 aromatic rings. The summed E-state index contributed by atoms with van der Waals surface area (Å²) in [5.41, 5.74) is 4.07. The summed E-state index contributed by atoms with van der Waals surface area (Å²) in [6.07, 6.45) is 2.52. The molecule has 0 spiro atoms. The van der Waals surface area contributed by atoms with Crippen molar-refractivity contribution in [1.82, 2.24) is 9.29 Å². The molecule has 0 bridgehead atoms. The van der Waals surface area contributed by atoms with E-state index in [0.717, 1.165) is 23.2 Å². The minimum absolute atomic E-state index is 0.215. The summed E-state index contributed by atoms with van der Waals surface area (Å²) in [6.45, 7) is 1.56. The molecule has 0 N–H and O–H groups in total. The Morgan fingerprint density at radius 1 is 0.897 bits per heavy atom. The normalized spacial score (nSPS) is 15.9. The first-order valence-corrected chi connectivity index (χ1v) is 10.9. The molecule has 0 atom stereocenters. The number of rotatable bonds is 4. The van der Waals surface area contributed by atoms with Crippen LogP contribution in [0.25, 0.3) is 0 Å². The lowest BCUT2D eigenvalue weighted by Gasteiger charge is -2.20. The highest BCUT2D eigenvalue weighted by atomic mass is 32.2. The Morgan fingerprint density at radius 3 is 2.48 bits per heavy atom. The minimum Gasteiger partial charge on any atom is -0.486 e. The van der Waals surface area contributed by atoms with Gasteiger partial charge in [0, 0.05) is 37.5 Å². The maximum Gasteiger partial charge on any atom is 0.243 e. The lowest BCUT2D eigenvalue weighted by molar-refractivity contribution is 0.171. The Bertz CT molecular complexity index is 1160. The highest BCUT2D eigenvalue weighted by Crippen LogP contribution is 2.35. The third-order valence-electron chi connectivity index (χ3n) is 5.21. The Morgan fingerprint density at radius 2 is 1.66 bits per heavy atom. The molecule has 3 heterocycles. The van der Waals surface area contributed by atoms with Gasteiger partial charge in [0.2, 0.25) is 10.0 Å². The van der Waals surface area contributed by atoms with E-state index in [1.54, 1.807) is 24.4 Å². The van der Waals surface area contributed by atoms with Gasteiger partial charge in [-0.05, 0) is 34.9 Å². The maximum absolute atomic E-state index is 13.2. The lowest BCUT2D eigenvalue weighted by Crippen LogP contribution is -2.26. The van der Waals surface area contributed by atoms with Crippen molar-refractivity contribution >= 4 is 10.0 Å². The van der Waals surface area contributed by atoms with Crippen molar-refractivity contribution in [3.63, 3.8) is 0 Å². The first-order valence-electron chi connectivity index (χ1n) is 9.50. The summed E-state index contributed by atoms with van der Waals surface area (Å²) < 4.78 is 38.9. The fourth-order valence-electron chi connectivity index (χ4n) is 3.71. The fourth-order valence-corrected chi connectivity index (χ4v) is 5.12. The summed E-state index contributed by atoms with van der Waals surface area (Å²) in [5.74, 6) is 1.05. The Balaban J connectivity index is 1.38. The molecule has 2 aliphatic heterocycles. The van der Waals surface area contributed by atoms with Crippen LogP contribution < -0.4 is 9.47 Å². The standard InChI is InChI=1S/C22H20N2O4S/c25-29(26,20-6-7-21-22(12-20)28-9-8-27-21)24-14-17-11-19(23-13-18(17)15-24)10-16-4-2-1-3-5-16/h1-7,11-13H,8-10,14-15H2. The molecule has 7 heteroatoms. The molecule has 0 aliphatic carbocycles. The van der Waals surface area contributed by atoms with Gasteiger partial charge in [0.25, 0.3) is 0 Å². The number of aromatic nitrogens is 1. The van der Waals surface area contributed by atoms with Crippen molar-refractivity contribution in [1.29, 1.82) is 0 Å². The van der Waals surface area contributed by atoms with Gasteiger partial charge in [0.15, 0.2) is 11.5 Å². The predicted molar refractivity (Wildman–Crippen MR) is 107 cm³/mol. The van der Waals surface area contributed by atoms with Gasteiger partial charge in [-0.15, -0.1) is 0 Å². The molecular weight excluding hydrogens is 388 g/mol. The fraction of sp³-hybridized carbons (Fsp3) is 0.227. The van der Waals surface area contributed by atoms with Gasteiger partial charge >= 0.3 is 0 Å². The van der Waals surface area contributed by atoms with Crippen LogP contribution in [0, 0.1) is 0 Å². The molecule has 2 aromatic carbocycles. The van der Waals surface area contributed by atoms with Crippen LogP contribution in [0.3, 0.4) is 0 Å². The van der Waals surface area contributed by atoms with E-state index in [-0.39, 0.29) is 4.90 Å². The molecular formula is C22H20N2O4S. The largest absolute Gasteiger partial charge is 0.486 e. The summed E-state index contributed by atoms with van der Waals surface area (Å²) in [4.78, 5) is 4.75. The van der Waals surface area contributed by atoms with E-state index in [4.69, 9.17) is 9.47 Å². The van der Waals surface area contributed by atoms with E-state index in [1.807, 2.05) is 24.3 Å². The van der Waals surface area contributed by atoms with E-state index >= 15 is 0 Å². The van der Waals surface area contributed by atoms with Crippen LogP contribution >= 0.6 is 0 Å². The number of nitrogens with zero attached hydrogens (tertiary/aromatic N) is 2. The molecule has 0 saturated carbocycles. The zero-order chi connectivity index (χ0) is 19.8. The van der Waals surface area contributed by atoms with Crippen molar-refractivity contribution in [3.05, 3.63) is 83.2 Å². The Kier molecular flexibility index (Phi) is 4.49. The van der Waals surface area contributed by atoms with Crippen LogP contribution in [0.15, 0.2) is 65.7 Å². The molecule has 0 amide bonds. The van der Waals surface area contributed by atoms with Gasteiger partial charge in [-0.1, -0.05) is 30.3 Å². The SMILES string of the molecule is O=S(=O)(c1ccc2c(c1)OCCO2)N1Cc2cnc(Cc3ccccc3)cc2C1. The van der Waals surface area contributed by atoms with Crippen molar-refractivity contribution in [2.45, 2.75) is 24.4 Å². The highest BCUT2D eigenvalue weighted by Gasteiger charge is 2.32. The third kappa shape index (κ3) is 3.47. The van der Waals surface area contributed by atoms with Crippen LogP contribution in [-0.2, 0) is 29.5 Å². The second-order valence-electron chi connectivity index (χ2n) is 7.19. The number of hydrogen-bond acceptors (Lipinski definition) is 5. The summed E-state index contributed by atoms with van der Waals surface area (Å²) in [7, 11) is -3.64. The quantitative estimate of drug-likeness (QED) is 0.663. The first-order chi connectivity index (χ1) is 14.1. The topological polar surface area (TPSA) is 68.7 Å². The van der Waals surface area contributed by atoms with Crippen molar-refractivity contribution in [3.8, 4) is 11.5 Å². The molecule has 29 heavy (non-hydrogen) atoms. The second-order valence-corrected chi connectivity index (χ2v) is 9.12. The van der Waals surface area contributed by atoms with Crippen molar-refractivity contribution in [2.75, 3.05) is 13.2 Å². The highest BCUT2D eigenvalue weighted by molar-refractivity contribution is 7.89. The van der Waals surface area contributed by atoms with Crippen LogP contribution in [-0.4, -0.2) is 30.9 Å². The number of hydrogen-bond donors (Lipinski definition) is 0. The van der Waals surface area contributed by atoms with E-state index in [2.05, 4.69) is 17.1 Å². The number of sulfonamides is 1. The summed E-state index contributed by atoms with van der Waals surface area (Å²) >= 11 is 0. The Labute approximate surface area is 169 Å². The van der Waals surface area contributed by atoms with Gasteiger partial charge < -0.3 is 9.47 Å². The van der Waals surface area contributed by atoms with Gasteiger partial charge in [0.05, 0.1) is 4.90 Å². The van der Waals surface area contributed by atoms with E-state index in [0.29, 0.717) is 37.8 Å². The zero-order valence-electron chi connectivity index (χ0n) is 15.7. The summed E-state index contributed by atoms with van der Waals surface area (Å²) in [5, 5.41) is 0. The second kappa shape index (κ2) is 7.17. The monoisotopic (exact) mass is 408 g/mol. The third-order valence-corrected chi connectivity index (χ3v) is 7.00. The molecule has 6 nitrogen and oxygen atoms in total. The van der Waals surface area contributed by atoms with Gasteiger partial charge in [-0.2, -0.15) is 4.31 Å². The molecule has 1 aromatic heterocycles. The Hall–Kier alpha value is -2.90. The van der Waals surface area contributed by atoms with Crippen molar-refractivity contribution in [2.24, 2.45) is 0 Å². The molecule has 148 valence electrons. The first kappa shape index (κ1) is 18.1. The molecule has 2 aliphatic rings. The molecule has 0 saturated heterocycles. The zero-order valence-corrected chi connectivity index (χ0v) is 16.6. The van der Waals surface area contributed by atoms with Gasteiger partial charge in [0.1, 0.15) is 13.2 Å². The van der Waals surface area contributed by atoms with E-state index in [1.165, 1.54) is 9.87 Å². The van der Waals surface area contributed by atoms with Gasteiger partial charge in [-0.3, -0.25) is 4.98 Å². The van der Waals surface area contributed by atoms with Gasteiger partial charge in [-0.25, -0.2) is 8.42 Å². The smallest absolute Gasteiger partial charge is 0.243 e. The van der Waals surface area contributed by atoms with Crippen molar-refractivity contribution < 1.29 is 17.9 Å². The minimum atomic E-state index is -3.64. The van der Waals surface area contributed by atoms with Crippen LogP contribution in [0.4, 0.5) is 0 Å². The predicted octanol–water partition coefficient (Wildman–Crippen LogP) is 3.15. The number of pyridine rings is 1. The van der Waals surface area contributed by atoms with E-state index in [9.17, 15) is 8.42 Å². The molecule has 0 fully saturated rings. The van der Waals surface area contributed by atoms with Crippen LogP contribution in [0.5, 0.6) is 11.5 Å². The molecule has 0 radical (unpaired) electrons.